The van der Waals surface area contributed by atoms with Gasteiger partial charge in [0.05, 0.1) is 10.7 Å². The molecule has 0 saturated carbocycles. The van der Waals surface area contributed by atoms with Crippen molar-refractivity contribution in [2.24, 2.45) is 5.73 Å². The molecule has 2 aromatic rings. The second-order valence-electron chi connectivity index (χ2n) is 4.04. The van der Waals surface area contributed by atoms with Crippen LogP contribution in [-0.2, 0) is 6.42 Å². The summed E-state index contributed by atoms with van der Waals surface area (Å²) in [6.07, 6.45) is 2.58. The molecule has 0 fully saturated rings. The second kappa shape index (κ2) is 5.98. The summed E-state index contributed by atoms with van der Waals surface area (Å²) in [5.41, 5.74) is 7.70. The van der Waals surface area contributed by atoms with Gasteiger partial charge in [-0.25, -0.2) is 0 Å². The normalized spacial score (nSPS) is 10.4. The van der Waals surface area contributed by atoms with Gasteiger partial charge in [-0.1, -0.05) is 6.07 Å². The number of halogens is 1. The first kappa shape index (κ1) is 13.1. The monoisotopic (exact) mass is 306 g/mol. The van der Waals surface area contributed by atoms with E-state index in [1.807, 2.05) is 37.3 Å². The summed E-state index contributed by atoms with van der Waals surface area (Å²) in [7, 11) is 0. The fourth-order valence-corrected chi connectivity index (χ4v) is 2.10. The highest BCUT2D eigenvalue weighted by Crippen LogP contribution is 2.30. The Balaban J connectivity index is 2.16. The molecular weight excluding hydrogens is 292 g/mol. The maximum Gasteiger partial charge on any atom is 0.145 e. The molecule has 1 heterocycles. The fraction of sp³-hybridized carbons (Fsp3) is 0.214. The Hall–Kier alpha value is -1.39. The van der Waals surface area contributed by atoms with Crippen LogP contribution in [-0.4, -0.2) is 11.5 Å². The lowest BCUT2D eigenvalue weighted by Gasteiger charge is -2.09. The largest absolute Gasteiger partial charge is 0.455 e. The van der Waals surface area contributed by atoms with E-state index < -0.39 is 0 Å². The van der Waals surface area contributed by atoms with E-state index in [9.17, 15) is 0 Å². The number of pyridine rings is 1. The van der Waals surface area contributed by atoms with Crippen molar-refractivity contribution in [3.63, 3.8) is 0 Å². The average molecular weight is 307 g/mol. The number of benzene rings is 1. The fourth-order valence-electron chi connectivity index (χ4n) is 1.59. The molecular formula is C14H15BrN2O. The van der Waals surface area contributed by atoms with Gasteiger partial charge in [0.1, 0.15) is 11.5 Å². The maximum atomic E-state index is 5.76. The minimum Gasteiger partial charge on any atom is -0.455 e. The molecule has 4 heteroatoms. The molecule has 0 aliphatic heterocycles. The lowest BCUT2D eigenvalue weighted by Crippen LogP contribution is -2.02. The van der Waals surface area contributed by atoms with Gasteiger partial charge < -0.3 is 10.5 Å². The molecule has 0 unspecified atom stereocenters. The van der Waals surface area contributed by atoms with Gasteiger partial charge in [-0.15, -0.1) is 0 Å². The van der Waals surface area contributed by atoms with Crippen LogP contribution in [0.25, 0.3) is 0 Å². The first-order valence-electron chi connectivity index (χ1n) is 5.78. The summed E-state index contributed by atoms with van der Waals surface area (Å²) < 4.78 is 6.68. The minimum absolute atomic E-state index is 0.647. The van der Waals surface area contributed by atoms with Gasteiger partial charge >= 0.3 is 0 Å². The Morgan fingerprint density at radius 3 is 2.72 bits per heavy atom. The Morgan fingerprint density at radius 2 is 2.11 bits per heavy atom. The molecule has 18 heavy (non-hydrogen) atoms. The number of rotatable bonds is 4. The van der Waals surface area contributed by atoms with Gasteiger partial charge in [-0.05, 0) is 65.6 Å². The molecule has 0 spiro atoms. The van der Waals surface area contributed by atoms with Gasteiger partial charge in [-0.2, -0.15) is 0 Å². The third-order valence-electron chi connectivity index (χ3n) is 2.54. The van der Waals surface area contributed by atoms with E-state index in [2.05, 4.69) is 20.9 Å². The van der Waals surface area contributed by atoms with Crippen LogP contribution in [0.1, 0.15) is 11.3 Å². The highest BCUT2D eigenvalue weighted by molar-refractivity contribution is 9.10. The first-order chi connectivity index (χ1) is 8.69. The highest BCUT2D eigenvalue weighted by atomic mass is 79.9. The SMILES string of the molecule is Cc1ccc(Oc2ccc(CCN)cc2Br)cn1. The lowest BCUT2D eigenvalue weighted by molar-refractivity contribution is 0.476. The van der Waals surface area contributed by atoms with Gasteiger partial charge in [0.15, 0.2) is 0 Å². The summed E-state index contributed by atoms with van der Waals surface area (Å²) >= 11 is 3.50. The summed E-state index contributed by atoms with van der Waals surface area (Å²) in [4.78, 5) is 4.20. The molecule has 1 aromatic heterocycles. The Morgan fingerprint density at radius 1 is 1.28 bits per heavy atom. The molecule has 3 nitrogen and oxygen atoms in total. The number of aromatic nitrogens is 1. The van der Waals surface area contributed by atoms with Crippen molar-refractivity contribution >= 4 is 15.9 Å². The Kier molecular flexibility index (Phi) is 4.33. The van der Waals surface area contributed by atoms with Crippen molar-refractivity contribution in [3.05, 3.63) is 52.3 Å². The van der Waals surface area contributed by atoms with Crippen molar-refractivity contribution in [1.82, 2.24) is 4.98 Å². The number of hydrogen-bond acceptors (Lipinski definition) is 3. The number of nitrogens with zero attached hydrogens (tertiary/aromatic N) is 1. The standard InChI is InChI=1S/C14H15BrN2O/c1-10-2-4-12(9-17-10)18-14-5-3-11(6-7-16)8-13(14)15/h2-5,8-9H,6-7,16H2,1H3. The second-order valence-corrected chi connectivity index (χ2v) is 4.90. The van der Waals surface area contributed by atoms with E-state index in [4.69, 9.17) is 10.5 Å². The van der Waals surface area contributed by atoms with Crippen molar-refractivity contribution in [1.29, 1.82) is 0 Å². The van der Waals surface area contributed by atoms with Gasteiger partial charge in [0.25, 0.3) is 0 Å². The summed E-state index contributed by atoms with van der Waals surface area (Å²) in [6, 6.07) is 9.82. The van der Waals surface area contributed by atoms with Crippen LogP contribution >= 0.6 is 15.9 Å². The van der Waals surface area contributed by atoms with Gasteiger partial charge in [0, 0.05) is 5.69 Å². The molecule has 0 amide bonds. The van der Waals surface area contributed by atoms with Crippen molar-refractivity contribution in [2.75, 3.05) is 6.54 Å². The smallest absolute Gasteiger partial charge is 0.145 e. The van der Waals surface area contributed by atoms with E-state index in [-0.39, 0.29) is 0 Å². The highest BCUT2D eigenvalue weighted by Gasteiger charge is 2.04. The van der Waals surface area contributed by atoms with Crippen LogP contribution in [0.2, 0.25) is 0 Å². The molecule has 0 aliphatic carbocycles. The molecule has 2 rings (SSSR count). The summed E-state index contributed by atoms with van der Waals surface area (Å²) in [5, 5.41) is 0. The molecule has 2 N–H and O–H groups in total. The van der Waals surface area contributed by atoms with Crippen LogP contribution in [0.5, 0.6) is 11.5 Å². The van der Waals surface area contributed by atoms with Gasteiger partial charge in [0.2, 0.25) is 0 Å². The summed E-state index contributed by atoms with van der Waals surface area (Å²) in [5.74, 6) is 1.51. The Labute approximate surface area is 115 Å². The van der Waals surface area contributed by atoms with E-state index in [0.717, 1.165) is 28.1 Å². The molecule has 0 radical (unpaired) electrons. The zero-order valence-corrected chi connectivity index (χ0v) is 11.8. The van der Waals surface area contributed by atoms with E-state index in [1.54, 1.807) is 6.20 Å². The molecule has 0 saturated heterocycles. The average Bonchev–Trinajstić information content (AvgIpc) is 2.36. The number of ether oxygens (including phenoxy) is 1. The molecule has 94 valence electrons. The van der Waals surface area contributed by atoms with Crippen LogP contribution in [0.4, 0.5) is 0 Å². The Bertz CT molecular complexity index is 526. The van der Waals surface area contributed by atoms with E-state index in [0.29, 0.717) is 6.54 Å². The quantitative estimate of drug-likeness (QED) is 0.941. The predicted octanol–water partition coefficient (Wildman–Crippen LogP) is 3.45. The number of hydrogen-bond donors (Lipinski definition) is 1. The zero-order valence-electron chi connectivity index (χ0n) is 10.2. The van der Waals surface area contributed by atoms with Crippen molar-refractivity contribution < 1.29 is 4.74 Å². The topological polar surface area (TPSA) is 48.1 Å². The minimum atomic E-state index is 0.647. The predicted molar refractivity (Wildman–Crippen MR) is 75.9 cm³/mol. The van der Waals surface area contributed by atoms with Crippen LogP contribution in [0, 0.1) is 6.92 Å². The van der Waals surface area contributed by atoms with Crippen molar-refractivity contribution in [2.45, 2.75) is 13.3 Å². The third kappa shape index (κ3) is 3.31. The molecule has 0 aliphatic rings. The molecule has 0 atom stereocenters. The molecule has 1 aromatic carbocycles. The number of nitrogens with two attached hydrogens (primary N) is 1. The lowest BCUT2D eigenvalue weighted by atomic mass is 10.1. The van der Waals surface area contributed by atoms with Crippen LogP contribution in [0.3, 0.4) is 0 Å². The van der Waals surface area contributed by atoms with Crippen molar-refractivity contribution in [3.8, 4) is 11.5 Å². The van der Waals surface area contributed by atoms with E-state index >= 15 is 0 Å². The third-order valence-corrected chi connectivity index (χ3v) is 3.16. The van der Waals surface area contributed by atoms with Crippen LogP contribution < -0.4 is 10.5 Å². The van der Waals surface area contributed by atoms with E-state index in [1.165, 1.54) is 5.56 Å². The summed E-state index contributed by atoms with van der Waals surface area (Å²) in [6.45, 7) is 2.59. The van der Waals surface area contributed by atoms with Crippen LogP contribution in [0.15, 0.2) is 41.0 Å². The maximum absolute atomic E-state index is 5.76. The first-order valence-corrected chi connectivity index (χ1v) is 6.57. The molecule has 0 bridgehead atoms. The zero-order chi connectivity index (χ0) is 13.0. The van der Waals surface area contributed by atoms with Gasteiger partial charge in [-0.3, -0.25) is 4.98 Å². The number of aryl methyl sites for hydroxylation is 1.